The van der Waals surface area contributed by atoms with E-state index in [-0.39, 0.29) is 5.78 Å². The van der Waals surface area contributed by atoms with E-state index in [0.717, 1.165) is 31.1 Å². The number of benzene rings is 1. The molecule has 0 aromatic heterocycles. The average Bonchev–Trinajstić information content (AvgIpc) is 2.31. The molecule has 1 aliphatic heterocycles. The highest BCUT2D eigenvalue weighted by Crippen LogP contribution is 2.23. The lowest BCUT2D eigenvalue weighted by Gasteiger charge is -2.31. The standard InChI is InChI=1S/C15H21NO2/c1-11-4-3-7-16(9-11)10-14-8-13(12(2)17)5-6-15(14)18/h5-6,8,11,18H,3-4,7,9-10H2,1-2H3. The molecule has 3 nitrogen and oxygen atoms in total. The van der Waals surface area contributed by atoms with Gasteiger partial charge in [-0.3, -0.25) is 9.69 Å². The number of nitrogens with zero attached hydrogens (tertiary/aromatic N) is 1. The fourth-order valence-corrected chi connectivity index (χ4v) is 2.60. The average molecular weight is 247 g/mol. The first-order chi connectivity index (χ1) is 8.56. The van der Waals surface area contributed by atoms with Gasteiger partial charge < -0.3 is 5.11 Å². The monoisotopic (exact) mass is 247 g/mol. The highest BCUT2D eigenvalue weighted by Gasteiger charge is 2.17. The molecule has 0 amide bonds. The van der Waals surface area contributed by atoms with E-state index in [1.807, 2.05) is 6.07 Å². The Hall–Kier alpha value is -1.35. The van der Waals surface area contributed by atoms with Crippen molar-refractivity contribution < 1.29 is 9.90 Å². The number of aromatic hydroxyl groups is 1. The van der Waals surface area contributed by atoms with Gasteiger partial charge in [0.2, 0.25) is 0 Å². The molecule has 0 saturated carbocycles. The maximum atomic E-state index is 11.4. The summed E-state index contributed by atoms with van der Waals surface area (Å²) in [6.45, 7) is 6.70. The maximum absolute atomic E-state index is 11.4. The second kappa shape index (κ2) is 5.53. The van der Waals surface area contributed by atoms with Gasteiger partial charge in [-0.25, -0.2) is 0 Å². The number of hydrogen-bond acceptors (Lipinski definition) is 3. The minimum absolute atomic E-state index is 0.0447. The van der Waals surface area contributed by atoms with Crippen LogP contribution in [0.15, 0.2) is 18.2 Å². The van der Waals surface area contributed by atoms with E-state index in [0.29, 0.717) is 11.3 Å². The van der Waals surface area contributed by atoms with Gasteiger partial charge in [0.15, 0.2) is 5.78 Å². The van der Waals surface area contributed by atoms with Crippen molar-refractivity contribution in [1.82, 2.24) is 4.90 Å². The Morgan fingerprint density at radius 2 is 2.28 bits per heavy atom. The van der Waals surface area contributed by atoms with Crippen LogP contribution in [0.3, 0.4) is 0 Å². The topological polar surface area (TPSA) is 40.5 Å². The number of piperidine rings is 1. The van der Waals surface area contributed by atoms with Crippen LogP contribution in [-0.2, 0) is 6.54 Å². The number of phenols is 1. The molecular weight excluding hydrogens is 226 g/mol. The van der Waals surface area contributed by atoms with Gasteiger partial charge in [-0.1, -0.05) is 6.92 Å². The second-order valence-corrected chi connectivity index (χ2v) is 5.38. The molecule has 0 bridgehead atoms. The zero-order chi connectivity index (χ0) is 13.1. The lowest BCUT2D eigenvalue weighted by Crippen LogP contribution is -2.33. The predicted molar refractivity (Wildman–Crippen MR) is 71.8 cm³/mol. The van der Waals surface area contributed by atoms with Crippen LogP contribution in [0.1, 0.15) is 42.6 Å². The minimum atomic E-state index is 0.0447. The van der Waals surface area contributed by atoms with E-state index in [1.54, 1.807) is 19.1 Å². The number of phenolic OH excluding ortho intramolecular Hbond substituents is 1. The maximum Gasteiger partial charge on any atom is 0.159 e. The summed E-state index contributed by atoms with van der Waals surface area (Å²) in [5.41, 5.74) is 1.53. The SMILES string of the molecule is CC(=O)c1ccc(O)c(CN2CCCC(C)C2)c1. The molecule has 1 atom stereocenters. The van der Waals surface area contributed by atoms with Crippen LogP contribution in [0.25, 0.3) is 0 Å². The van der Waals surface area contributed by atoms with Crippen LogP contribution in [0.5, 0.6) is 5.75 Å². The van der Waals surface area contributed by atoms with Crippen molar-refractivity contribution in [3.63, 3.8) is 0 Å². The van der Waals surface area contributed by atoms with E-state index >= 15 is 0 Å². The fraction of sp³-hybridized carbons (Fsp3) is 0.533. The first kappa shape index (κ1) is 13.1. The van der Waals surface area contributed by atoms with Crippen LogP contribution in [-0.4, -0.2) is 28.9 Å². The molecule has 0 spiro atoms. The number of carbonyl (C=O) groups excluding carboxylic acids is 1. The lowest BCUT2D eigenvalue weighted by atomic mass is 9.99. The highest BCUT2D eigenvalue weighted by atomic mass is 16.3. The molecule has 3 heteroatoms. The first-order valence-electron chi connectivity index (χ1n) is 6.61. The smallest absolute Gasteiger partial charge is 0.159 e. The largest absolute Gasteiger partial charge is 0.508 e. The zero-order valence-electron chi connectivity index (χ0n) is 11.1. The number of hydrogen-bond donors (Lipinski definition) is 1. The quantitative estimate of drug-likeness (QED) is 0.835. The number of carbonyl (C=O) groups is 1. The molecular formula is C15H21NO2. The molecule has 0 aliphatic carbocycles. The van der Waals surface area contributed by atoms with E-state index in [1.165, 1.54) is 12.8 Å². The third-order valence-corrected chi connectivity index (χ3v) is 3.62. The Labute approximate surface area is 108 Å². The molecule has 1 fully saturated rings. The van der Waals surface area contributed by atoms with Crippen molar-refractivity contribution in [1.29, 1.82) is 0 Å². The predicted octanol–water partition coefficient (Wildman–Crippen LogP) is 2.83. The summed E-state index contributed by atoms with van der Waals surface area (Å²) >= 11 is 0. The van der Waals surface area contributed by atoms with Gasteiger partial charge in [0, 0.05) is 24.2 Å². The number of Topliss-reactive ketones (excluding diaryl/α,β-unsaturated/α-hetero) is 1. The molecule has 0 radical (unpaired) electrons. The summed E-state index contributed by atoms with van der Waals surface area (Å²) in [5, 5.41) is 9.88. The van der Waals surface area contributed by atoms with Gasteiger partial charge in [-0.05, 0) is 50.4 Å². The molecule has 1 saturated heterocycles. The lowest BCUT2D eigenvalue weighted by molar-refractivity contribution is 0.101. The molecule has 18 heavy (non-hydrogen) atoms. The molecule has 1 N–H and O–H groups in total. The van der Waals surface area contributed by atoms with E-state index < -0.39 is 0 Å². The van der Waals surface area contributed by atoms with Crippen LogP contribution < -0.4 is 0 Å². The summed E-state index contributed by atoms with van der Waals surface area (Å²) in [4.78, 5) is 13.7. The van der Waals surface area contributed by atoms with Gasteiger partial charge in [0.1, 0.15) is 5.75 Å². The van der Waals surface area contributed by atoms with Gasteiger partial charge in [-0.2, -0.15) is 0 Å². The zero-order valence-corrected chi connectivity index (χ0v) is 11.1. The van der Waals surface area contributed by atoms with Crippen molar-refractivity contribution in [3.8, 4) is 5.75 Å². The fourth-order valence-electron chi connectivity index (χ4n) is 2.60. The third kappa shape index (κ3) is 3.10. The molecule has 1 heterocycles. The van der Waals surface area contributed by atoms with Gasteiger partial charge in [0.05, 0.1) is 0 Å². The Morgan fingerprint density at radius 1 is 1.50 bits per heavy atom. The summed E-state index contributed by atoms with van der Waals surface area (Å²) in [6.07, 6.45) is 2.50. The van der Waals surface area contributed by atoms with Crippen molar-refractivity contribution in [2.24, 2.45) is 5.92 Å². The van der Waals surface area contributed by atoms with Crippen molar-refractivity contribution >= 4 is 5.78 Å². The summed E-state index contributed by atoms with van der Waals surface area (Å²) in [7, 11) is 0. The first-order valence-corrected chi connectivity index (χ1v) is 6.61. The molecule has 2 rings (SSSR count). The van der Waals surface area contributed by atoms with Crippen molar-refractivity contribution in [2.45, 2.75) is 33.2 Å². The second-order valence-electron chi connectivity index (χ2n) is 5.38. The number of ketones is 1. The molecule has 1 aromatic carbocycles. The van der Waals surface area contributed by atoms with Crippen LogP contribution in [0.2, 0.25) is 0 Å². The number of likely N-dealkylation sites (tertiary alicyclic amines) is 1. The molecule has 1 aromatic rings. The Balaban J connectivity index is 2.12. The van der Waals surface area contributed by atoms with Gasteiger partial charge in [-0.15, -0.1) is 0 Å². The van der Waals surface area contributed by atoms with Gasteiger partial charge in [0.25, 0.3) is 0 Å². The molecule has 1 unspecified atom stereocenters. The van der Waals surface area contributed by atoms with Crippen LogP contribution in [0, 0.1) is 5.92 Å². The van der Waals surface area contributed by atoms with Gasteiger partial charge >= 0.3 is 0 Å². The third-order valence-electron chi connectivity index (χ3n) is 3.62. The molecule has 1 aliphatic rings. The summed E-state index contributed by atoms with van der Waals surface area (Å²) in [5.74, 6) is 1.05. The Bertz CT molecular complexity index is 442. The minimum Gasteiger partial charge on any atom is -0.508 e. The Kier molecular flexibility index (Phi) is 4.02. The van der Waals surface area contributed by atoms with E-state index in [9.17, 15) is 9.90 Å². The Morgan fingerprint density at radius 3 is 2.94 bits per heavy atom. The summed E-state index contributed by atoms with van der Waals surface area (Å²) in [6, 6.07) is 5.12. The van der Waals surface area contributed by atoms with Crippen molar-refractivity contribution in [2.75, 3.05) is 13.1 Å². The van der Waals surface area contributed by atoms with Crippen LogP contribution in [0.4, 0.5) is 0 Å². The van der Waals surface area contributed by atoms with E-state index in [4.69, 9.17) is 0 Å². The molecule has 98 valence electrons. The van der Waals surface area contributed by atoms with Crippen molar-refractivity contribution in [3.05, 3.63) is 29.3 Å². The number of rotatable bonds is 3. The van der Waals surface area contributed by atoms with Crippen LogP contribution >= 0.6 is 0 Å². The van der Waals surface area contributed by atoms with E-state index in [2.05, 4.69) is 11.8 Å². The normalized spacial score (nSPS) is 20.9. The summed E-state index contributed by atoms with van der Waals surface area (Å²) < 4.78 is 0. The highest BCUT2D eigenvalue weighted by molar-refractivity contribution is 5.94.